The van der Waals surface area contributed by atoms with Crippen molar-refractivity contribution in [2.75, 3.05) is 12.8 Å². The Morgan fingerprint density at radius 3 is 2.50 bits per heavy atom. The molecule has 1 N–H and O–H groups in total. The lowest BCUT2D eigenvalue weighted by atomic mass is 9.95. The summed E-state index contributed by atoms with van der Waals surface area (Å²) in [6.07, 6.45) is 7.33. The Bertz CT molecular complexity index is 683. The number of nitrogens with one attached hydrogen (secondary N) is 1. The van der Waals surface area contributed by atoms with Crippen LogP contribution in [-0.4, -0.2) is 43.7 Å². The van der Waals surface area contributed by atoms with Crippen molar-refractivity contribution >= 4 is 33.7 Å². The average molecular weight is 372 g/mol. The van der Waals surface area contributed by atoms with Crippen LogP contribution in [0.5, 0.6) is 0 Å². The molecule has 1 aliphatic carbocycles. The number of rotatable bonds is 6. The van der Waals surface area contributed by atoms with Crippen LogP contribution in [0.15, 0.2) is 29.4 Å². The molecule has 1 aromatic carbocycles. The van der Waals surface area contributed by atoms with E-state index in [1.165, 1.54) is 10.5 Å². The van der Waals surface area contributed by atoms with Crippen LogP contribution >= 0.6 is 11.6 Å². The second-order valence-corrected chi connectivity index (χ2v) is 8.32. The summed E-state index contributed by atoms with van der Waals surface area (Å²) in [6.45, 7) is -0.207. The lowest BCUT2D eigenvalue weighted by Gasteiger charge is -2.31. The first-order chi connectivity index (χ1) is 11.4. The van der Waals surface area contributed by atoms with E-state index in [1.54, 1.807) is 24.3 Å². The number of amides is 1. The van der Waals surface area contributed by atoms with E-state index in [9.17, 15) is 13.2 Å². The molecule has 0 aliphatic heterocycles. The second kappa shape index (κ2) is 8.60. The standard InChI is InChI=1S/C16H22ClN3O3S/c1-24(22,23)20(15-5-3-2-4-6-15)12-16(21)19-18-11-13-7-9-14(17)10-8-13/h7-11,15H,2-6,12H2,1H3,(H,19,21). The first kappa shape index (κ1) is 18.9. The molecular weight excluding hydrogens is 350 g/mol. The fraction of sp³-hybridized carbons (Fsp3) is 0.500. The average Bonchev–Trinajstić information content (AvgIpc) is 2.54. The molecule has 132 valence electrons. The summed E-state index contributed by atoms with van der Waals surface area (Å²) in [5.41, 5.74) is 3.16. The Morgan fingerprint density at radius 2 is 1.92 bits per heavy atom. The van der Waals surface area contributed by atoms with Crippen LogP contribution in [0, 0.1) is 0 Å². The van der Waals surface area contributed by atoms with Gasteiger partial charge in [0.15, 0.2) is 0 Å². The van der Waals surface area contributed by atoms with E-state index in [-0.39, 0.29) is 12.6 Å². The van der Waals surface area contributed by atoms with Gasteiger partial charge in [0, 0.05) is 11.1 Å². The quantitative estimate of drug-likeness (QED) is 0.616. The van der Waals surface area contributed by atoms with Gasteiger partial charge in [0.25, 0.3) is 5.91 Å². The predicted octanol–water partition coefficient (Wildman–Crippen LogP) is 2.38. The molecule has 1 aliphatic rings. The predicted molar refractivity (Wildman–Crippen MR) is 95.6 cm³/mol. The van der Waals surface area contributed by atoms with Gasteiger partial charge in [-0.25, -0.2) is 13.8 Å². The molecule has 0 heterocycles. The molecule has 1 saturated carbocycles. The Hall–Kier alpha value is -1.44. The summed E-state index contributed by atoms with van der Waals surface area (Å²) in [4.78, 5) is 12.0. The second-order valence-electron chi connectivity index (χ2n) is 5.94. The number of carbonyl (C=O) groups excluding carboxylic acids is 1. The van der Waals surface area contributed by atoms with Crippen LogP contribution in [0.2, 0.25) is 5.02 Å². The number of nitrogens with zero attached hydrogens (tertiary/aromatic N) is 2. The SMILES string of the molecule is CS(=O)(=O)N(CC(=O)NN=Cc1ccc(Cl)cc1)C1CCCCC1. The summed E-state index contributed by atoms with van der Waals surface area (Å²) in [5, 5.41) is 4.48. The number of sulfonamides is 1. The van der Waals surface area contributed by atoms with Crippen LogP contribution in [0.3, 0.4) is 0 Å². The van der Waals surface area contributed by atoms with Crippen molar-refractivity contribution in [2.24, 2.45) is 5.10 Å². The summed E-state index contributed by atoms with van der Waals surface area (Å²) in [5.74, 6) is -0.448. The molecule has 1 amide bonds. The highest BCUT2D eigenvalue weighted by Gasteiger charge is 2.29. The maximum atomic E-state index is 12.0. The number of benzene rings is 1. The van der Waals surface area contributed by atoms with E-state index in [1.807, 2.05) is 0 Å². The van der Waals surface area contributed by atoms with Crippen LogP contribution in [0.1, 0.15) is 37.7 Å². The highest BCUT2D eigenvalue weighted by molar-refractivity contribution is 7.88. The molecule has 0 bridgehead atoms. The third-order valence-corrected chi connectivity index (χ3v) is 5.51. The van der Waals surface area contributed by atoms with Gasteiger partial charge in [-0.05, 0) is 30.5 Å². The zero-order valence-corrected chi connectivity index (χ0v) is 15.2. The van der Waals surface area contributed by atoms with Gasteiger partial charge in [-0.2, -0.15) is 9.41 Å². The van der Waals surface area contributed by atoms with Crippen molar-refractivity contribution in [2.45, 2.75) is 38.1 Å². The Labute approximate surface area is 147 Å². The molecule has 2 rings (SSSR count). The minimum atomic E-state index is -3.44. The van der Waals surface area contributed by atoms with E-state index in [4.69, 9.17) is 11.6 Å². The number of halogens is 1. The third kappa shape index (κ3) is 5.89. The summed E-state index contributed by atoms with van der Waals surface area (Å²) >= 11 is 5.79. The maximum Gasteiger partial charge on any atom is 0.255 e. The topological polar surface area (TPSA) is 78.8 Å². The van der Waals surface area contributed by atoms with Gasteiger partial charge in [-0.15, -0.1) is 0 Å². The fourth-order valence-electron chi connectivity index (χ4n) is 2.79. The van der Waals surface area contributed by atoms with E-state index in [0.29, 0.717) is 5.02 Å². The number of hydrazone groups is 1. The number of hydrogen-bond donors (Lipinski definition) is 1. The normalized spacial score (nSPS) is 16.6. The molecule has 0 saturated heterocycles. The van der Waals surface area contributed by atoms with Crippen molar-refractivity contribution in [3.63, 3.8) is 0 Å². The molecule has 24 heavy (non-hydrogen) atoms. The van der Waals surface area contributed by atoms with Gasteiger partial charge in [0.1, 0.15) is 0 Å². The van der Waals surface area contributed by atoms with Gasteiger partial charge in [-0.3, -0.25) is 4.79 Å². The highest BCUT2D eigenvalue weighted by Crippen LogP contribution is 2.24. The van der Waals surface area contributed by atoms with Crippen molar-refractivity contribution in [1.29, 1.82) is 0 Å². The molecule has 0 atom stereocenters. The van der Waals surface area contributed by atoms with E-state index in [0.717, 1.165) is 43.9 Å². The fourth-order valence-corrected chi connectivity index (χ4v) is 4.02. The minimum Gasteiger partial charge on any atom is -0.272 e. The van der Waals surface area contributed by atoms with Crippen molar-refractivity contribution in [3.05, 3.63) is 34.9 Å². The van der Waals surface area contributed by atoms with Crippen LogP contribution < -0.4 is 5.43 Å². The zero-order valence-electron chi connectivity index (χ0n) is 13.6. The van der Waals surface area contributed by atoms with Gasteiger partial charge < -0.3 is 0 Å². The molecule has 1 aromatic rings. The van der Waals surface area contributed by atoms with Crippen molar-refractivity contribution < 1.29 is 13.2 Å². The Morgan fingerprint density at radius 1 is 1.29 bits per heavy atom. The van der Waals surface area contributed by atoms with Crippen LogP contribution in [0.25, 0.3) is 0 Å². The lowest BCUT2D eigenvalue weighted by Crippen LogP contribution is -2.45. The summed E-state index contributed by atoms with van der Waals surface area (Å²) in [6, 6.07) is 6.88. The van der Waals surface area contributed by atoms with Gasteiger partial charge in [-0.1, -0.05) is 43.0 Å². The van der Waals surface area contributed by atoms with E-state index in [2.05, 4.69) is 10.5 Å². The molecular formula is C16H22ClN3O3S. The van der Waals surface area contributed by atoms with Crippen LogP contribution in [0.4, 0.5) is 0 Å². The molecule has 0 radical (unpaired) electrons. The molecule has 0 unspecified atom stereocenters. The molecule has 6 nitrogen and oxygen atoms in total. The molecule has 0 aromatic heterocycles. The zero-order chi connectivity index (χ0) is 17.6. The van der Waals surface area contributed by atoms with Gasteiger partial charge in [0.05, 0.1) is 19.0 Å². The Balaban J connectivity index is 1.93. The maximum absolute atomic E-state index is 12.0. The van der Waals surface area contributed by atoms with Crippen molar-refractivity contribution in [3.8, 4) is 0 Å². The van der Waals surface area contributed by atoms with Crippen LogP contribution in [-0.2, 0) is 14.8 Å². The van der Waals surface area contributed by atoms with Gasteiger partial charge in [0.2, 0.25) is 10.0 Å². The smallest absolute Gasteiger partial charge is 0.255 e. The lowest BCUT2D eigenvalue weighted by molar-refractivity contribution is -0.121. The minimum absolute atomic E-state index is 0.0975. The monoisotopic (exact) mass is 371 g/mol. The third-order valence-electron chi connectivity index (χ3n) is 3.98. The first-order valence-corrected chi connectivity index (χ1v) is 10.1. The number of carbonyl (C=O) groups is 1. The summed E-state index contributed by atoms with van der Waals surface area (Å²) in [7, 11) is -3.44. The molecule has 8 heteroatoms. The molecule has 1 fully saturated rings. The summed E-state index contributed by atoms with van der Waals surface area (Å²) < 4.78 is 25.3. The number of hydrogen-bond acceptors (Lipinski definition) is 4. The van der Waals surface area contributed by atoms with Gasteiger partial charge >= 0.3 is 0 Å². The van der Waals surface area contributed by atoms with Crippen molar-refractivity contribution in [1.82, 2.24) is 9.73 Å². The van der Waals surface area contributed by atoms with E-state index >= 15 is 0 Å². The first-order valence-electron chi connectivity index (χ1n) is 7.90. The van der Waals surface area contributed by atoms with E-state index < -0.39 is 15.9 Å². The Kier molecular flexibility index (Phi) is 6.77. The molecule has 0 spiro atoms. The highest BCUT2D eigenvalue weighted by atomic mass is 35.5. The largest absolute Gasteiger partial charge is 0.272 e.